The Labute approximate surface area is 192 Å². The Morgan fingerprint density at radius 2 is 2.06 bits per heavy atom. The fourth-order valence-corrected chi connectivity index (χ4v) is 4.85. The van der Waals surface area contributed by atoms with Crippen LogP contribution in [0, 0.1) is 0 Å². The van der Waals surface area contributed by atoms with Gasteiger partial charge in [0.2, 0.25) is 5.91 Å². The molecule has 0 spiro atoms. The number of piperidine rings is 1. The third-order valence-electron chi connectivity index (χ3n) is 6.63. The molecule has 0 saturated carbocycles. The van der Waals surface area contributed by atoms with E-state index in [2.05, 4.69) is 38.8 Å². The number of nitrogens with two attached hydrogens (primary N) is 1. The standard InChI is InChI=1S/C26H28N4O3/c1-32-25(14-18-3-2-4-20(13-18)24-16-28-17-33-24)29-10-8-22(9-11-29)30-12-7-19-5-6-21(26(27)31)15-23(19)30/h2-7,12-13,15-17,22,25H,8-11,14H2,1H3,(H2,27,31). The molecule has 1 amide bonds. The van der Waals surface area contributed by atoms with E-state index in [1.165, 1.54) is 12.0 Å². The first kappa shape index (κ1) is 21.4. The van der Waals surface area contributed by atoms with Gasteiger partial charge in [-0.25, -0.2) is 4.98 Å². The number of hydrogen-bond donors (Lipinski definition) is 1. The highest BCUT2D eigenvalue weighted by Gasteiger charge is 2.26. The molecule has 0 radical (unpaired) electrons. The highest BCUT2D eigenvalue weighted by Crippen LogP contribution is 2.30. The summed E-state index contributed by atoms with van der Waals surface area (Å²) in [5.41, 5.74) is 9.33. The van der Waals surface area contributed by atoms with Crippen LogP contribution in [0.4, 0.5) is 0 Å². The molecule has 2 aromatic heterocycles. The van der Waals surface area contributed by atoms with Crippen molar-refractivity contribution in [3.63, 3.8) is 0 Å². The number of benzene rings is 2. The lowest BCUT2D eigenvalue weighted by atomic mass is 10.0. The summed E-state index contributed by atoms with van der Waals surface area (Å²) in [6, 6.07) is 16.5. The van der Waals surface area contributed by atoms with Gasteiger partial charge in [0, 0.05) is 55.5 Å². The van der Waals surface area contributed by atoms with Gasteiger partial charge in [-0.15, -0.1) is 0 Å². The van der Waals surface area contributed by atoms with Crippen molar-refractivity contribution in [1.82, 2.24) is 14.5 Å². The summed E-state index contributed by atoms with van der Waals surface area (Å²) in [5.74, 6) is 0.375. The Balaban J connectivity index is 1.27. The fourth-order valence-electron chi connectivity index (χ4n) is 4.85. The van der Waals surface area contributed by atoms with Crippen molar-refractivity contribution < 1.29 is 13.9 Å². The zero-order chi connectivity index (χ0) is 22.8. The average molecular weight is 445 g/mol. The second kappa shape index (κ2) is 9.21. The van der Waals surface area contributed by atoms with Crippen molar-refractivity contribution >= 4 is 16.8 Å². The summed E-state index contributed by atoms with van der Waals surface area (Å²) in [4.78, 5) is 18.1. The molecule has 1 aliphatic heterocycles. The van der Waals surface area contributed by atoms with E-state index in [1.54, 1.807) is 19.4 Å². The highest BCUT2D eigenvalue weighted by atomic mass is 16.5. The minimum atomic E-state index is -0.394. The first-order chi connectivity index (χ1) is 16.1. The monoisotopic (exact) mass is 444 g/mol. The number of amides is 1. The van der Waals surface area contributed by atoms with Gasteiger partial charge in [0.25, 0.3) is 0 Å². The van der Waals surface area contributed by atoms with Gasteiger partial charge >= 0.3 is 0 Å². The number of methoxy groups -OCH3 is 1. The van der Waals surface area contributed by atoms with Gasteiger partial charge in [-0.05, 0) is 48.1 Å². The SMILES string of the molecule is COC(Cc1cccc(-c2cnco2)c1)N1CCC(n2ccc3ccc(C(N)=O)cc32)CC1. The van der Waals surface area contributed by atoms with E-state index in [-0.39, 0.29) is 6.23 Å². The van der Waals surface area contributed by atoms with Crippen molar-refractivity contribution in [3.8, 4) is 11.3 Å². The van der Waals surface area contributed by atoms with E-state index in [0.29, 0.717) is 11.6 Å². The number of carbonyl (C=O) groups excluding carboxylic acids is 1. The van der Waals surface area contributed by atoms with Crippen LogP contribution >= 0.6 is 0 Å². The predicted octanol–water partition coefficient (Wildman–Crippen LogP) is 4.25. The largest absolute Gasteiger partial charge is 0.444 e. The van der Waals surface area contributed by atoms with Crippen LogP contribution in [-0.4, -0.2) is 46.8 Å². The molecular weight excluding hydrogens is 416 g/mol. The maximum atomic E-state index is 11.6. The Morgan fingerprint density at radius 3 is 2.79 bits per heavy atom. The second-order valence-corrected chi connectivity index (χ2v) is 8.59. The number of oxazole rings is 1. The van der Waals surface area contributed by atoms with E-state index in [4.69, 9.17) is 14.9 Å². The molecular formula is C26H28N4O3. The molecule has 2 N–H and O–H groups in total. The first-order valence-electron chi connectivity index (χ1n) is 11.3. The van der Waals surface area contributed by atoms with Crippen molar-refractivity contribution in [2.45, 2.75) is 31.5 Å². The van der Waals surface area contributed by atoms with Gasteiger partial charge in [0.1, 0.15) is 6.23 Å². The van der Waals surface area contributed by atoms with Crippen LogP contribution in [0.5, 0.6) is 0 Å². The summed E-state index contributed by atoms with van der Waals surface area (Å²) >= 11 is 0. The molecule has 4 aromatic rings. The number of carbonyl (C=O) groups is 1. The average Bonchev–Trinajstić information content (AvgIpc) is 3.53. The van der Waals surface area contributed by atoms with E-state index in [1.807, 2.05) is 24.3 Å². The first-order valence-corrected chi connectivity index (χ1v) is 11.3. The number of nitrogens with zero attached hydrogens (tertiary/aromatic N) is 3. The number of primary amides is 1. The Hall–Kier alpha value is -3.42. The predicted molar refractivity (Wildman–Crippen MR) is 127 cm³/mol. The minimum Gasteiger partial charge on any atom is -0.444 e. The summed E-state index contributed by atoms with van der Waals surface area (Å²) in [7, 11) is 1.78. The minimum absolute atomic E-state index is 0.0128. The molecule has 1 fully saturated rings. The lowest BCUT2D eigenvalue weighted by Crippen LogP contribution is -2.43. The van der Waals surface area contributed by atoms with Crippen LogP contribution < -0.4 is 5.73 Å². The second-order valence-electron chi connectivity index (χ2n) is 8.59. The Bertz CT molecular complexity index is 1240. The molecule has 1 unspecified atom stereocenters. The van der Waals surface area contributed by atoms with Crippen molar-refractivity contribution in [2.24, 2.45) is 5.73 Å². The van der Waals surface area contributed by atoms with E-state index in [0.717, 1.165) is 54.6 Å². The molecule has 7 heteroatoms. The number of likely N-dealkylation sites (tertiary alicyclic amines) is 1. The molecule has 0 bridgehead atoms. The molecule has 1 saturated heterocycles. The van der Waals surface area contributed by atoms with Crippen LogP contribution in [0.25, 0.3) is 22.2 Å². The van der Waals surface area contributed by atoms with Gasteiger partial charge < -0.3 is 19.5 Å². The van der Waals surface area contributed by atoms with Gasteiger partial charge in [-0.2, -0.15) is 0 Å². The maximum absolute atomic E-state index is 11.6. The number of aromatic nitrogens is 2. The number of hydrogen-bond acceptors (Lipinski definition) is 5. The quantitative estimate of drug-likeness (QED) is 0.461. The van der Waals surface area contributed by atoms with Gasteiger partial charge in [-0.1, -0.05) is 24.3 Å². The Morgan fingerprint density at radius 1 is 1.21 bits per heavy atom. The zero-order valence-electron chi connectivity index (χ0n) is 18.7. The molecule has 170 valence electrons. The smallest absolute Gasteiger partial charge is 0.248 e. The number of fused-ring (bicyclic) bond motifs is 1. The van der Waals surface area contributed by atoms with Gasteiger partial charge in [-0.3, -0.25) is 9.69 Å². The summed E-state index contributed by atoms with van der Waals surface area (Å²) in [6.07, 6.45) is 8.15. The van der Waals surface area contributed by atoms with Crippen molar-refractivity contribution in [3.05, 3.63) is 78.4 Å². The topological polar surface area (TPSA) is 86.5 Å². The van der Waals surface area contributed by atoms with Crippen molar-refractivity contribution in [2.75, 3.05) is 20.2 Å². The molecule has 2 aromatic carbocycles. The fraction of sp³-hybridized carbons (Fsp3) is 0.308. The van der Waals surface area contributed by atoms with Crippen LogP contribution in [0.3, 0.4) is 0 Å². The van der Waals surface area contributed by atoms with Crippen LogP contribution in [0.1, 0.15) is 34.8 Å². The molecule has 7 nitrogen and oxygen atoms in total. The summed E-state index contributed by atoms with van der Waals surface area (Å²) < 4.78 is 13.6. The third kappa shape index (κ3) is 4.42. The van der Waals surface area contributed by atoms with Crippen LogP contribution in [0.2, 0.25) is 0 Å². The summed E-state index contributed by atoms with van der Waals surface area (Å²) in [5, 5.41) is 1.13. The normalized spacial score (nSPS) is 16.3. The van der Waals surface area contributed by atoms with Gasteiger partial charge in [0.15, 0.2) is 12.2 Å². The van der Waals surface area contributed by atoms with Gasteiger partial charge in [0.05, 0.1) is 6.20 Å². The highest BCUT2D eigenvalue weighted by molar-refractivity contribution is 5.97. The Kier molecular flexibility index (Phi) is 5.98. The maximum Gasteiger partial charge on any atom is 0.248 e. The van der Waals surface area contributed by atoms with E-state index >= 15 is 0 Å². The molecule has 0 aliphatic carbocycles. The molecule has 1 atom stereocenters. The molecule has 33 heavy (non-hydrogen) atoms. The van der Waals surface area contributed by atoms with Crippen molar-refractivity contribution in [1.29, 1.82) is 0 Å². The number of ether oxygens (including phenoxy) is 1. The van der Waals surface area contributed by atoms with E-state index in [9.17, 15) is 4.79 Å². The lowest BCUT2D eigenvalue weighted by molar-refractivity contribution is -0.0457. The van der Waals surface area contributed by atoms with Crippen LogP contribution in [0.15, 0.2) is 71.7 Å². The number of rotatable bonds is 7. The third-order valence-corrected chi connectivity index (χ3v) is 6.63. The summed E-state index contributed by atoms with van der Waals surface area (Å²) in [6.45, 7) is 1.89. The zero-order valence-corrected chi connectivity index (χ0v) is 18.7. The molecule has 3 heterocycles. The van der Waals surface area contributed by atoms with Crippen LogP contribution in [-0.2, 0) is 11.2 Å². The molecule has 1 aliphatic rings. The lowest BCUT2D eigenvalue weighted by Gasteiger charge is -2.37. The van der Waals surface area contributed by atoms with E-state index < -0.39 is 5.91 Å². The molecule has 5 rings (SSSR count).